The van der Waals surface area contributed by atoms with Crippen LogP contribution in [0.25, 0.3) is 0 Å². The molecule has 1 fully saturated rings. The van der Waals surface area contributed by atoms with Crippen LogP contribution in [0.2, 0.25) is 0 Å². The molecular weight excluding hydrogens is 236 g/mol. The number of alkyl halides is 1. The van der Waals surface area contributed by atoms with E-state index < -0.39 is 0 Å². The molecule has 0 spiro atoms. The zero-order valence-corrected chi connectivity index (χ0v) is 12.0. The van der Waals surface area contributed by atoms with Crippen molar-refractivity contribution in [1.82, 2.24) is 10.2 Å². The Morgan fingerprint density at radius 2 is 2.35 bits per heavy atom. The highest BCUT2D eigenvalue weighted by Gasteiger charge is 2.18. The van der Waals surface area contributed by atoms with Gasteiger partial charge in [0.2, 0.25) is 0 Å². The summed E-state index contributed by atoms with van der Waals surface area (Å²) in [4.78, 5) is 2.45. The van der Waals surface area contributed by atoms with Crippen molar-refractivity contribution in [3.63, 3.8) is 0 Å². The van der Waals surface area contributed by atoms with Gasteiger partial charge in [0.25, 0.3) is 0 Å². The van der Waals surface area contributed by atoms with E-state index in [0.29, 0.717) is 12.0 Å². The van der Waals surface area contributed by atoms with E-state index >= 15 is 0 Å². The number of nitrogens with one attached hydrogen (secondary N) is 1. The standard InChI is InChI=1S/C13H27ClN2O/c1-3-16-7-8-17-13(11-16)10-15-6-4-5-12(2)9-14/h12-13,15H,3-11H2,1-2H3. The first-order valence-electron chi connectivity index (χ1n) is 6.86. The Morgan fingerprint density at radius 1 is 1.53 bits per heavy atom. The largest absolute Gasteiger partial charge is 0.374 e. The average molecular weight is 263 g/mol. The maximum atomic E-state index is 5.77. The molecule has 0 bridgehead atoms. The molecule has 0 aromatic rings. The third-order valence-electron chi connectivity index (χ3n) is 3.36. The summed E-state index contributed by atoms with van der Waals surface area (Å²) < 4.78 is 5.73. The summed E-state index contributed by atoms with van der Waals surface area (Å²) in [5, 5.41) is 3.48. The van der Waals surface area contributed by atoms with Crippen LogP contribution in [0, 0.1) is 5.92 Å². The second-order valence-corrected chi connectivity index (χ2v) is 5.30. The first-order chi connectivity index (χ1) is 8.26. The van der Waals surface area contributed by atoms with Gasteiger partial charge in [0, 0.05) is 25.5 Å². The SMILES string of the molecule is CCN1CCOC(CNCCCC(C)CCl)C1. The smallest absolute Gasteiger partial charge is 0.0826 e. The second kappa shape index (κ2) is 9.15. The number of hydrogen-bond acceptors (Lipinski definition) is 3. The third kappa shape index (κ3) is 6.61. The Bertz CT molecular complexity index is 192. The van der Waals surface area contributed by atoms with Gasteiger partial charge in [-0.1, -0.05) is 13.8 Å². The highest BCUT2D eigenvalue weighted by molar-refractivity contribution is 6.18. The Labute approximate surface area is 111 Å². The lowest BCUT2D eigenvalue weighted by molar-refractivity contribution is -0.0251. The van der Waals surface area contributed by atoms with Crippen LogP contribution in [-0.4, -0.2) is 56.2 Å². The first-order valence-corrected chi connectivity index (χ1v) is 7.40. The van der Waals surface area contributed by atoms with Crippen LogP contribution in [0.1, 0.15) is 26.7 Å². The molecule has 0 aromatic carbocycles. The van der Waals surface area contributed by atoms with Crippen molar-refractivity contribution < 1.29 is 4.74 Å². The summed E-state index contributed by atoms with van der Waals surface area (Å²) in [5.41, 5.74) is 0. The Kier molecular flexibility index (Phi) is 8.19. The Hall–Kier alpha value is 0.170. The van der Waals surface area contributed by atoms with E-state index in [4.69, 9.17) is 16.3 Å². The second-order valence-electron chi connectivity index (χ2n) is 4.99. The summed E-state index contributed by atoms with van der Waals surface area (Å²) >= 11 is 5.77. The van der Waals surface area contributed by atoms with Crippen molar-refractivity contribution >= 4 is 11.6 Å². The summed E-state index contributed by atoms with van der Waals surface area (Å²) in [5.74, 6) is 1.41. The van der Waals surface area contributed by atoms with E-state index in [1.165, 1.54) is 12.8 Å². The van der Waals surface area contributed by atoms with E-state index in [1.54, 1.807) is 0 Å². The van der Waals surface area contributed by atoms with Crippen LogP contribution in [0.5, 0.6) is 0 Å². The zero-order valence-electron chi connectivity index (χ0n) is 11.3. The fourth-order valence-corrected chi connectivity index (χ4v) is 2.26. The molecule has 1 aliphatic rings. The minimum Gasteiger partial charge on any atom is -0.374 e. The molecule has 4 heteroatoms. The first kappa shape index (κ1) is 15.2. The lowest BCUT2D eigenvalue weighted by Crippen LogP contribution is -2.46. The molecule has 2 atom stereocenters. The number of halogens is 1. The van der Waals surface area contributed by atoms with Crippen molar-refractivity contribution in [2.24, 2.45) is 5.92 Å². The highest BCUT2D eigenvalue weighted by atomic mass is 35.5. The van der Waals surface area contributed by atoms with Crippen molar-refractivity contribution in [3.8, 4) is 0 Å². The van der Waals surface area contributed by atoms with Crippen molar-refractivity contribution in [2.75, 3.05) is 45.2 Å². The number of likely N-dealkylation sites (N-methyl/N-ethyl adjacent to an activating group) is 1. The molecule has 1 N–H and O–H groups in total. The molecule has 1 aliphatic heterocycles. The molecule has 0 aliphatic carbocycles. The molecule has 0 aromatic heterocycles. The summed E-state index contributed by atoms with van der Waals surface area (Å²) in [6.45, 7) is 10.6. The van der Waals surface area contributed by atoms with Crippen LogP contribution in [0.4, 0.5) is 0 Å². The van der Waals surface area contributed by atoms with E-state index in [-0.39, 0.29) is 0 Å². The topological polar surface area (TPSA) is 24.5 Å². The van der Waals surface area contributed by atoms with E-state index in [1.807, 2.05) is 0 Å². The van der Waals surface area contributed by atoms with Gasteiger partial charge in [-0.15, -0.1) is 11.6 Å². The molecule has 1 saturated heterocycles. The zero-order chi connectivity index (χ0) is 12.5. The molecule has 0 saturated carbocycles. The normalized spacial score (nSPS) is 23.8. The van der Waals surface area contributed by atoms with Gasteiger partial charge >= 0.3 is 0 Å². The summed E-state index contributed by atoms with van der Waals surface area (Å²) in [6, 6.07) is 0. The molecule has 17 heavy (non-hydrogen) atoms. The third-order valence-corrected chi connectivity index (χ3v) is 3.88. The van der Waals surface area contributed by atoms with Gasteiger partial charge in [-0.05, 0) is 31.8 Å². The van der Waals surface area contributed by atoms with Crippen LogP contribution < -0.4 is 5.32 Å². The van der Waals surface area contributed by atoms with Crippen LogP contribution in [-0.2, 0) is 4.74 Å². The van der Waals surface area contributed by atoms with Crippen LogP contribution >= 0.6 is 11.6 Å². The average Bonchev–Trinajstić information content (AvgIpc) is 2.38. The van der Waals surface area contributed by atoms with E-state index in [9.17, 15) is 0 Å². The Balaban J connectivity index is 1.98. The molecule has 2 unspecified atom stereocenters. The minimum absolute atomic E-state index is 0.370. The van der Waals surface area contributed by atoms with E-state index in [2.05, 4.69) is 24.1 Å². The molecular formula is C13H27ClN2O. The van der Waals surface area contributed by atoms with Gasteiger partial charge in [-0.25, -0.2) is 0 Å². The number of ether oxygens (including phenoxy) is 1. The number of morpholine rings is 1. The monoisotopic (exact) mass is 262 g/mol. The van der Waals surface area contributed by atoms with Gasteiger partial charge in [-0.2, -0.15) is 0 Å². The number of hydrogen-bond donors (Lipinski definition) is 1. The summed E-state index contributed by atoms with van der Waals surface area (Å²) in [6.07, 6.45) is 2.79. The fraction of sp³-hybridized carbons (Fsp3) is 1.00. The van der Waals surface area contributed by atoms with Gasteiger partial charge in [0.05, 0.1) is 12.7 Å². The van der Waals surface area contributed by atoms with E-state index in [0.717, 1.165) is 45.2 Å². The number of rotatable bonds is 8. The quantitative estimate of drug-likeness (QED) is 0.535. The molecule has 102 valence electrons. The van der Waals surface area contributed by atoms with Gasteiger partial charge < -0.3 is 10.1 Å². The highest BCUT2D eigenvalue weighted by Crippen LogP contribution is 2.07. The van der Waals surface area contributed by atoms with Crippen molar-refractivity contribution in [2.45, 2.75) is 32.8 Å². The predicted octanol–water partition coefficient (Wildman–Crippen LogP) is 1.95. The molecule has 0 amide bonds. The van der Waals surface area contributed by atoms with Gasteiger partial charge in [0.15, 0.2) is 0 Å². The van der Waals surface area contributed by atoms with Crippen molar-refractivity contribution in [3.05, 3.63) is 0 Å². The summed E-state index contributed by atoms with van der Waals surface area (Å²) in [7, 11) is 0. The molecule has 0 radical (unpaired) electrons. The molecule has 1 heterocycles. The van der Waals surface area contributed by atoms with Gasteiger partial charge in [0.1, 0.15) is 0 Å². The predicted molar refractivity (Wildman–Crippen MR) is 73.8 cm³/mol. The van der Waals surface area contributed by atoms with Crippen LogP contribution in [0.3, 0.4) is 0 Å². The molecule has 3 nitrogen and oxygen atoms in total. The lowest BCUT2D eigenvalue weighted by Gasteiger charge is -2.32. The van der Waals surface area contributed by atoms with Gasteiger partial charge in [-0.3, -0.25) is 4.90 Å². The lowest BCUT2D eigenvalue weighted by atomic mass is 10.1. The van der Waals surface area contributed by atoms with Crippen molar-refractivity contribution in [1.29, 1.82) is 0 Å². The maximum absolute atomic E-state index is 5.77. The van der Waals surface area contributed by atoms with Crippen LogP contribution in [0.15, 0.2) is 0 Å². The number of nitrogens with zero attached hydrogens (tertiary/aromatic N) is 1. The molecule has 1 rings (SSSR count). The Morgan fingerprint density at radius 3 is 3.06 bits per heavy atom. The minimum atomic E-state index is 0.370. The fourth-order valence-electron chi connectivity index (χ4n) is 2.11. The maximum Gasteiger partial charge on any atom is 0.0826 e.